The number of anilines is 1. The third kappa shape index (κ3) is 4.32. The van der Waals surface area contributed by atoms with Crippen LogP contribution in [0.15, 0.2) is 66.7 Å². The maximum absolute atomic E-state index is 13.0. The second-order valence-electron chi connectivity index (χ2n) is 6.07. The van der Waals surface area contributed by atoms with Crippen LogP contribution in [-0.4, -0.2) is 10.8 Å². The number of amides is 1. The van der Waals surface area contributed by atoms with E-state index in [2.05, 4.69) is 5.32 Å². The van der Waals surface area contributed by atoms with Gasteiger partial charge in [-0.1, -0.05) is 30.3 Å². The molecule has 0 radical (unpaired) electrons. The molecule has 0 aliphatic carbocycles. The van der Waals surface area contributed by atoms with E-state index >= 15 is 0 Å². The van der Waals surface area contributed by atoms with E-state index in [-0.39, 0.29) is 23.7 Å². The first-order valence-electron chi connectivity index (χ1n) is 8.47. The molecule has 0 bridgehead atoms. The highest BCUT2D eigenvalue weighted by atomic mass is 19.1. The highest BCUT2D eigenvalue weighted by Gasteiger charge is 2.17. The lowest BCUT2D eigenvalue weighted by molar-refractivity contribution is -0.385. The smallest absolute Gasteiger partial charge is 0.274 e. The van der Waals surface area contributed by atoms with Crippen molar-refractivity contribution in [1.29, 1.82) is 0 Å². The number of hydrogen-bond acceptors (Lipinski definition) is 4. The standard InChI is InChI=1S/C21H17FN2O4/c1-14-18(6-4-7-19(14)24(26)27)23-21(25)17-5-2-3-8-20(17)28-13-15-9-11-16(22)12-10-15/h2-12H,13H2,1H3,(H,23,25). The Labute approximate surface area is 160 Å². The summed E-state index contributed by atoms with van der Waals surface area (Å²) >= 11 is 0. The summed E-state index contributed by atoms with van der Waals surface area (Å²) in [7, 11) is 0. The summed E-state index contributed by atoms with van der Waals surface area (Å²) in [6.07, 6.45) is 0. The molecule has 0 aliphatic heterocycles. The maximum atomic E-state index is 13.0. The minimum atomic E-state index is -0.495. The summed E-state index contributed by atoms with van der Waals surface area (Å²) in [4.78, 5) is 23.3. The average Bonchev–Trinajstić information content (AvgIpc) is 2.69. The summed E-state index contributed by atoms with van der Waals surface area (Å²) in [6.45, 7) is 1.74. The van der Waals surface area contributed by atoms with Gasteiger partial charge in [-0.25, -0.2) is 4.39 Å². The fourth-order valence-electron chi connectivity index (χ4n) is 2.67. The van der Waals surface area contributed by atoms with Crippen LogP contribution in [0.2, 0.25) is 0 Å². The lowest BCUT2D eigenvalue weighted by atomic mass is 10.1. The van der Waals surface area contributed by atoms with Crippen molar-refractivity contribution in [2.45, 2.75) is 13.5 Å². The molecule has 6 nitrogen and oxygen atoms in total. The Morgan fingerprint density at radius 3 is 2.50 bits per heavy atom. The van der Waals surface area contributed by atoms with Crippen LogP contribution in [0.1, 0.15) is 21.5 Å². The number of nitrogens with one attached hydrogen (secondary N) is 1. The molecule has 0 saturated carbocycles. The Morgan fingerprint density at radius 2 is 1.79 bits per heavy atom. The van der Waals surface area contributed by atoms with Gasteiger partial charge in [-0.3, -0.25) is 14.9 Å². The van der Waals surface area contributed by atoms with Gasteiger partial charge in [0.05, 0.1) is 21.7 Å². The molecule has 3 rings (SSSR count). The van der Waals surface area contributed by atoms with Crippen molar-refractivity contribution in [3.05, 3.63) is 99.4 Å². The largest absolute Gasteiger partial charge is 0.488 e. The maximum Gasteiger partial charge on any atom is 0.274 e. The molecular weight excluding hydrogens is 363 g/mol. The molecule has 0 saturated heterocycles. The summed E-state index contributed by atoms with van der Waals surface area (Å²) in [5.41, 5.74) is 1.69. The van der Waals surface area contributed by atoms with Gasteiger partial charge < -0.3 is 10.1 Å². The Balaban J connectivity index is 1.78. The lowest BCUT2D eigenvalue weighted by Crippen LogP contribution is -2.14. The lowest BCUT2D eigenvalue weighted by Gasteiger charge is -2.13. The second kappa shape index (κ2) is 8.30. The summed E-state index contributed by atoms with van der Waals surface area (Å²) in [6, 6.07) is 17.0. The van der Waals surface area contributed by atoms with Crippen LogP contribution in [0.25, 0.3) is 0 Å². The third-order valence-electron chi connectivity index (χ3n) is 4.19. The number of carbonyl (C=O) groups excluding carboxylic acids is 1. The van der Waals surface area contributed by atoms with E-state index in [1.165, 1.54) is 24.3 Å². The van der Waals surface area contributed by atoms with Crippen molar-refractivity contribution < 1.29 is 18.8 Å². The molecule has 0 fully saturated rings. The van der Waals surface area contributed by atoms with Crippen LogP contribution in [-0.2, 0) is 6.61 Å². The van der Waals surface area contributed by atoms with Crippen LogP contribution in [0.5, 0.6) is 5.75 Å². The van der Waals surface area contributed by atoms with Crippen LogP contribution in [0, 0.1) is 22.9 Å². The van der Waals surface area contributed by atoms with Gasteiger partial charge in [0.15, 0.2) is 0 Å². The molecule has 0 unspecified atom stereocenters. The first-order chi connectivity index (χ1) is 13.5. The predicted molar refractivity (Wildman–Crippen MR) is 103 cm³/mol. The van der Waals surface area contributed by atoms with Crippen molar-refractivity contribution >= 4 is 17.3 Å². The van der Waals surface area contributed by atoms with E-state index in [9.17, 15) is 19.3 Å². The van der Waals surface area contributed by atoms with Crippen LogP contribution >= 0.6 is 0 Å². The minimum Gasteiger partial charge on any atom is -0.488 e. The molecule has 0 spiro atoms. The van der Waals surface area contributed by atoms with Gasteiger partial charge in [-0.2, -0.15) is 0 Å². The Morgan fingerprint density at radius 1 is 1.07 bits per heavy atom. The Kier molecular flexibility index (Phi) is 5.64. The molecule has 0 aliphatic rings. The zero-order valence-corrected chi connectivity index (χ0v) is 15.0. The normalized spacial score (nSPS) is 10.4. The van der Waals surface area contributed by atoms with Crippen LogP contribution in [0.4, 0.5) is 15.8 Å². The number of benzene rings is 3. The van der Waals surface area contributed by atoms with Gasteiger partial charge in [-0.05, 0) is 42.8 Å². The van der Waals surface area contributed by atoms with Crippen molar-refractivity contribution in [3.63, 3.8) is 0 Å². The third-order valence-corrected chi connectivity index (χ3v) is 4.19. The van der Waals surface area contributed by atoms with E-state index in [0.717, 1.165) is 5.56 Å². The van der Waals surface area contributed by atoms with E-state index < -0.39 is 10.8 Å². The molecule has 0 aromatic heterocycles. The quantitative estimate of drug-likeness (QED) is 0.488. The first kappa shape index (κ1) is 19.0. The highest BCUT2D eigenvalue weighted by molar-refractivity contribution is 6.06. The molecule has 1 amide bonds. The van der Waals surface area contributed by atoms with E-state index in [4.69, 9.17) is 4.74 Å². The van der Waals surface area contributed by atoms with Crippen molar-refractivity contribution in [2.24, 2.45) is 0 Å². The molecule has 3 aromatic carbocycles. The number of halogens is 1. The fraction of sp³-hybridized carbons (Fsp3) is 0.0952. The molecule has 0 heterocycles. The fourth-order valence-corrected chi connectivity index (χ4v) is 2.67. The van der Waals surface area contributed by atoms with E-state index in [1.54, 1.807) is 49.4 Å². The number of nitrogens with zero attached hydrogens (tertiary/aromatic N) is 1. The van der Waals surface area contributed by atoms with Gasteiger partial charge in [-0.15, -0.1) is 0 Å². The Bertz CT molecular complexity index is 1020. The topological polar surface area (TPSA) is 81.5 Å². The zero-order valence-electron chi connectivity index (χ0n) is 15.0. The van der Waals surface area contributed by atoms with Crippen molar-refractivity contribution in [2.75, 3.05) is 5.32 Å². The molecule has 3 aromatic rings. The van der Waals surface area contributed by atoms with Crippen LogP contribution in [0.3, 0.4) is 0 Å². The number of para-hydroxylation sites is 1. The number of nitro groups is 1. The molecular formula is C21H17FN2O4. The predicted octanol–water partition coefficient (Wildman–Crippen LogP) is 4.87. The minimum absolute atomic E-state index is 0.0707. The number of ether oxygens (including phenoxy) is 1. The average molecular weight is 380 g/mol. The van der Waals surface area contributed by atoms with E-state index in [0.29, 0.717) is 17.0 Å². The number of rotatable bonds is 6. The number of carbonyl (C=O) groups is 1. The summed E-state index contributed by atoms with van der Waals surface area (Å²) < 4.78 is 18.7. The zero-order chi connectivity index (χ0) is 20.1. The summed E-state index contributed by atoms with van der Waals surface area (Å²) in [5, 5.41) is 13.8. The second-order valence-corrected chi connectivity index (χ2v) is 6.07. The number of nitro benzene ring substituents is 1. The SMILES string of the molecule is Cc1c(NC(=O)c2ccccc2OCc2ccc(F)cc2)cccc1[N+](=O)[O-]. The molecule has 142 valence electrons. The molecule has 7 heteroatoms. The van der Waals surface area contributed by atoms with Gasteiger partial charge in [0.1, 0.15) is 18.2 Å². The van der Waals surface area contributed by atoms with Gasteiger partial charge >= 0.3 is 0 Å². The molecule has 1 N–H and O–H groups in total. The molecule has 0 atom stereocenters. The van der Waals surface area contributed by atoms with Crippen molar-refractivity contribution in [3.8, 4) is 5.75 Å². The summed E-state index contributed by atoms with van der Waals surface area (Å²) in [5.74, 6) is -0.429. The van der Waals surface area contributed by atoms with E-state index in [1.807, 2.05) is 0 Å². The van der Waals surface area contributed by atoms with Crippen molar-refractivity contribution in [1.82, 2.24) is 0 Å². The number of hydrogen-bond donors (Lipinski definition) is 1. The van der Waals surface area contributed by atoms with Crippen LogP contribution < -0.4 is 10.1 Å². The van der Waals surface area contributed by atoms with Gasteiger partial charge in [0.2, 0.25) is 0 Å². The molecule has 28 heavy (non-hydrogen) atoms. The Hall–Kier alpha value is -3.74. The highest BCUT2D eigenvalue weighted by Crippen LogP contribution is 2.27. The first-order valence-corrected chi connectivity index (χ1v) is 8.47. The monoisotopic (exact) mass is 380 g/mol. The van der Waals surface area contributed by atoms with Gasteiger partial charge in [0.25, 0.3) is 11.6 Å². The van der Waals surface area contributed by atoms with Gasteiger partial charge in [0, 0.05) is 6.07 Å².